The SMILES string of the molecule is C=CCN(CC=C)C(=O)CN(CCC)CC(=O)OC. The van der Waals surface area contributed by atoms with Crippen molar-refractivity contribution >= 4 is 11.9 Å². The number of methoxy groups -OCH3 is 1. The van der Waals surface area contributed by atoms with Gasteiger partial charge < -0.3 is 9.64 Å². The molecule has 0 N–H and O–H groups in total. The van der Waals surface area contributed by atoms with Crippen molar-refractivity contribution in [3.05, 3.63) is 25.3 Å². The van der Waals surface area contributed by atoms with Gasteiger partial charge in [-0.1, -0.05) is 19.1 Å². The van der Waals surface area contributed by atoms with Crippen LogP contribution < -0.4 is 0 Å². The van der Waals surface area contributed by atoms with Crippen LogP contribution in [-0.2, 0) is 14.3 Å². The molecule has 19 heavy (non-hydrogen) atoms. The van der Waals surface area contributed by atoms with E-state index >= 15 is 0 Å². The molecule has 5 heteroatoms. The fraction of sp³-hybridized carbons (Fsp3) is 0.571. The molecule has 0 saturated carbocycles. The van der Waals surface area contributed by atoms with Gasteiger partial charge in [0.1, 0.15) is 0 Å². The van der Waals surface area contributed by atoms with E-state index in [0.29, 0.717) is 19.6 Å². The third-order valence-corrected chi connectivity index (χ3v) is 2.53. The molecule has 0 bridgehead atoms. The summed E-state index contributed by atoms with van der Waals surface area (Å²) in [7, 11) is 1.34. The van der Waals surface area contributed by atoms with E-state index in [9.17, 15) is 9.59 Å². The number of hydrogen-bond acceptors (Lipinski definition) is 4. The van der Waals surface area contributed by atoms with Crippen LogP contribution >= 0.6 is 0 Å². The molecule has 5 nitrogen and oxygen atoms in total. The van der Waals surface area contributed by atoms with Crippen LogP contribution in [0.15, 0.2) is 25.3 Å². The molecule has 0 aliphatic heterocycles. The van der Waals surface area contributed by atoms with E-state index in [2.05, 4.69) is 17.9 Å². The minimum atomic E-state index is -0.333. The second-order valence-corrected chi connectivity index (χ2v) is 4.16. The van der Waals surface area contributed by atoms with Gasteiger partial charge in [0.25, 0.3) is 0 Å². The molecule has 0 aromatic rings. The molecule has 0 rings (SSSR count). The lowest BCUT2D eigenvalue weighted by Gasteiger charge is -2.25. The quantitative estimate of drug-likeness (QED) is 0.439. The van der Waals surface area contributed by atoms with Crippen LogP contribution in [0, 0.1) is 0 Å². The molecule has 0 aliphatic carbocycles. The molecule has 108 valence electrons. The van der Waals surface area contributed by atoms with Crippen LogP contribution in [0.4, 0.5) is 0 Å². The zero-order valence-corrected chi connectivity index (χ0v) is 11.9. The third-order valence-electron chi connectivity index (χ3n) is 2.53. The predicted octanol–water partition coefficient (Wildman–Crippen LogP) is 1.07. The molecular weight excluding hydrogens is 244 g/mol. The number of carbonyl (C=O) groups is 2. The zero-order valence-electron chi connectivity index (χ0n) is 11.9. The molecule has 0 aliphatic rings. The molecule has 1 amide bonds. The van der Waals surface area contributed by atoms with Crippen molar-refractivity contribution in [2.45, 2.75) is 13.3 Å². The van der Waals surface area contributed by atoms with Gasteiger partial charge in [0, 0.05) is 13.1 Å². The van der Waals surface area contributed by atoms with Crippen molar-refractivity contribution in [1.29, 1.82) is 0 Å². The van der Waals surface area contributed by atoms with Crippen molar-refractivity contribution in [3.63, 3.8) is 0 Å². The second-order valence-electron chi connectivity index (χ2n) is 4.16. The lowest BCUT2D eigenvalue weighted by molar-refractivity contribution is -0.142. The fourth-order valence-corrected chi connectivity index (χ4v) is 1.66. The molecule has 0 atom stereocenters. The number of ether oxygens (including phenoxy) is 1. The highest BCUT2D eigenvalue weighted by Gasteiger charge is 2.17. The summed E-state index contributed by atoms with van der Waals surface area (Å²) in [5.74, 6) is -0.377. The molecule has 0 aromatic carbocycles. The first-order valence-electron chi connectivity index (χ1n) is 6.37. The van der Waals surface area contributed by atoms with Gasteiger partial charge in [-0.25, -0.2) is 0 Å². The first kappa shape index (κ1) is 17.4. The van der Waals surface area contributed by atoms with E-state index in [1.807, 2.05) is 6.92 Å². The fourth-order valence-electron chi connectivity index (χ4n) is 1.66. The first-order valence-corrected chi connectivity index (χ1v) is 6.37. The van der Waals surface area contributed by atoms with Crippen molar-refractivity contribution < 1.29 is 14.3 Å². The number of amides is 1. The number of nitrogens with zero attached hydrogens (tertiary/aromatic N) is 2. The Kier molecular flexibility index (Phi) is 9.44. The number of esters is 1. The van der Waals surface area contributed by atoms with Crippen molar-refractivity contribution in [1.82, 2.24) is 9.80 Å². The minimum absolute atomic E-state index is 0.0443. The maximum Gasteiger partial charge on any atom is 0.319 e. The van der Waals surface area contributed by atoms with E-state index < -0.39 is 0 Å². The smallest absolute Gasteiger partial charge is 0.319 e. The van der Waals surface area contributed by atoms with Gasteiger partial charge in [-0.3, -0.25) is 14.5 Å². The number of rotatable bonds is 10. The van der Waals surface area contributed by atoms with Crippen molar-refractivity contribution in [2.24, 2.45) is 0 Å². The monoisotopic (exact) mass is 268 g/mol. The minimum Gasteiger partial charge on any atom is -0.468 e. The van der Waals surface area contributed by atoms with Gasteiger partial charge in [0.15, 0.2) is 0 Å². The van der Waals surface area contributed by atoms with Crippen LogP contribution in [0.1, 0.15) is 13.3 Å². The largest absolute Gasteiger partial charge is 0.468 e. The Morgan fingerprint density at radius 3 is 2.16 bits per heavy atom. The predicted molar refractivity (Wildman–Crippen MR) is 75.7 cm³/mol. The molecule has 0 saturated heterocycles. The Bertz CT molecular complexity index is 306. The summed E-state index contributed by atoms with van der Waals surface area (Å²) in [5.41, 5.74) is 0. The summed E-state index contributed by atoms with van der Waals surface area (Å²) >= 11 is 0. The number of hydrogen-bond donors (Lipinski definition) is 0. The summed E-state index contributed by atoms with van der Waals surface area (Å²) in [6, 6.07) is 0. The van der Waals surface area contributed by atoms with Crippen LogP contribution in [-0.4, -0.2) is 61.5 Å². The maximum absolute atomic E-state index is 12.1. The van der Waals surface area contributed by atoms with E-state index in [0.717, 1.165) is 6.42 Å². The lowest BCUT2D eigenvalue weighted by Crippen LogP contribution is -2.42. The molecule has 0 spiro atoms. The van der Waals surface area contributed by atoms with E-state index in [4.69, 9.17) is 0 Å². The van der Waals surface area contributed by atoms with Crippen molar-refractivity contribution in [3.8, 4) is 0 Å². The molecule has 0 aromatic heterocycles. The van der Waals surface area contributed by atoms with Gasteiger partial charge in [0.05, 0.1) is 20.2 Å². The Hall–Kier alpha value is -1.62. The van der Waals surface area contributed by atoms with E-state index in [1.165, 1.54) is 7.11 Å². The zero-order chi connectivity index (χ0) is 14.7. The summed E-state index contributed by atoms with van der Waals surface area (Å²) < 4.78 is 4.63. The molecular formula is C14H24N2O3. The van der Waals surface area contributed by atoms with Crippen LogP contribution in [0.3, 0.4) is 0 Å². The van der Waals surface area contributed by atoms with Gasteiger partial charge in [0.2, 0.25) is 5.91 Å². The van der Waals surface area contributed by atoms with E-state index in [-0.39, 0.29) is 25.0 Å². The van der Waals surface area contributed by atoms with Crippen LogP contribution in [0.25, 0.3) is 0 Å². The normalized spacial score (nSPS) is 10.1. The van der Waals surface area contributed by atoms with Crippen molar-refractivity contribution in [2.75, 3.05) is 39.8 Å². The maximum atomic E-state index is 12.1. The molecule has 0 radical (unpaired) electrons. The van der Waals surface area contributed by atoms with Crippen LogP contribution in [0.2, 0.25) is 0 Å². The highest BCUT2D eigenvalue weighted by molar-refractivity contribution is 5.79. The average molecular weight is 268 g/mol. The Morgan fingerprint density at radius 2 is 1.74 bits per heavy atom. The third kappa shape index (κ3) is 7.41. The highest BCUT2D eigenvalue weighted by Crippen LogP contribution is 1.98. The van der Waals surface area contributed by atoms with Gasteiger partial charge >= 0.3 is 5.97 Å². The van der Waals surface area contributed by atoms with Gasteiger partial charge in [-0.2, -0.15) is 0 Å². The Morgan fingerprint density at radius 1 is 1.16 bits per heavy atom. The Balaban J connectivity index is 4.52. The summed E-state index contributed by atoms with van der Waals surface area (Å²) in [4.78, 5) is 26.8. The second kappa shape index (κ2) is 10.3. The number of carbonyl (C=O) groups excluding carboxylic acids is 2. The first-order chi connectivity index (χ1) is 9.08. The summed E-state index contributed by atoms with van der Waals surface area (Å²) in [5, 5.41) is 0. The summed E-state index contributed by atoms with van der Waals surface area (Å²) in [6.07, 6.45) is 4.21. The van der Waals surface area contributed by atoms with E-state index in [1.54, 1.807) is 22.0 Å². The molecule has 0 heterocycles. The molecule has 0 fully saturated rings. The topological polar surface area (TPSA) is 49.9 Å². The lowest BCUT2D eigenvalue weighted by atomic mass is 10.3. The molecule has 0 unspecified atom stereocenters. The average Bonchev–Trinajstić information content (AvgIpc) is 2.38. The van der Waals surface area contributed by atoms with Crippen LogP contribution in [0.5, 0.6) is 0 Å². The Labute approximate surface area is 115 Å². The standard InChI is InChI=1S/C14H24N2O3/c1-5-8-15(12-14(18)19-4)11-13(17)16(9-6-2)10-7-3/h6-7H,2-3,5,8-12H2,1,4H3. The van der Waals surface area contributed by atoms with Gasteiger partial charge in [-0.15, -0.1) is 13.2 Å². The van der Waals surface area contributed by atoms with Gasteiger partial charge in [-0.05, 0) is 13.0 Å². The summed E-state index contributed by atoms with van der Waals surface area (Å²) in [6.45, 7) is 11.2. The highest BCUT2D eigenvalue weighted by atomic mass is 16.5.